The topological polar surface area (TPSA) is 81.7 Å². The van der Waals surface area contributed by atoms with Gasteiger partial charge in [0.2, 0.25) is 0 Å². The summed E-state index contributed by atoms with van der Waals surface area (Å²) in [5, 5.41) is 7.51. The summed E-state index contributed by atoms with van der Waals surface area (Å²) in [7, 11) is 0. The Kier molecular flexibility index (Phi) is 3.06. The molecular weight excluding hydrogens is 240 g/mol. The summed E-state index contributed by atoms with van der Waals surface area (Å²) in [4.78, 5) is 8.77. The first-order valence-electron chi connectivity index (χ1n) is 6.58. The summed E-state index contributed by atoms with van der Waals surface area (Å²) in [5.74, 6) is 2.72. The van der Waals surface area contributed by atoms with Gasteiger partial charge in [-0.15, -0.1) is 0 Å². The van der Waals surface area contributed by atoms with E-state index in [1.54, 1.807) is 6.07 Å². The van der Waals surface area contributed by atoms with Crippen LogP contribution in [0.5, 0.6) is 0 Å². The number of rotatable bonds is 5. The van der Waals surface area contributed by atoms with Gasteiger partial charge in [-0.05, 0) is 25.3 Å². The van der Waals surface area contributed by atoms with Crippen LogP contribution in [0.25, 0.3) is 0 Å². The van der Waals surface area contributed by atoms with Crippen LogP contribution < -0.4 is 11.1 Å². The highest BCUT2D eigenvalue weighted by Crippen LogP contribution is 2.38. The van der Waals surface area contributed by atoms with E-state index in [-0.39, 0.29) is 0 Å². The lowest BCUT2D eigenvalue weighted by molar-refractivity contribution is 0.636. The number of nitrogens with two attached hydrogens (primary N) is 1. The van der Waals surface area contributed by atoms with Crippen molar-refractivity contribution in [2.75, 3.05) is 17.6 Å². The fraction of sp³-hybridized carbons (Fsp3) is 0.462. The molecule has 2 aromatic rings. The standard InChI is InChI=1S/C13H18N6/c1-9-7-16-19(8-9)5-4-15-12-6-11(14)17-13(18-12)10-2-3-10/h6-8,10H,2-5H2,1H3,(H3,14,15,17,18). The second-order valence-corrected chi connectivity index (χ2v) is 5.02. The van der Waals surface area contributed by atoms with Gasteiger partial charge < -0.3 is 11.1 Å². The fourth-order valence-electron chi connectivity index (χ4n) is 1.99. The number of nitrogens with one attached hydrogen (secondary N) is 1. The normalized spacial score (nSPS) is 14.6. The summed E-state index contributed by atoms with van der Waals surface area (Å²) in [6.07, 6.45) is 6.23. The molecule has 100 valence electrons. The largest absolute Gasteiger partial charge is 0.384 e. The van der Waals surface area contributed by atoms with Gasteiger partial charge in [0.25, 0.3) is 0 Å². The number of nitrogens with zero attached hydrogens (tertiary/aromatic N) is 4. The molecule has 6 nitrogen and oxygen atoms in total. The molecule has 1 aliphatic carbocycles. The molecule has 1 aliphatic rings. The molecule has 2 aromatic heterocycles. The van der Waals surface area contributed by atoms with E-state index >= 15 is 0 Å². The van der Waals surface area contributed by atoms with Crippen LogP contribution in [0, 0.1) is 6.92 Å². The van der Waals surface area contributed by atoms with Crippen molar-refractivity contribution < 1.29 is 0 Å². The predicted octanol–water partition coefficient (Wildman–Crippen LogP) is 1.55. The van der Waals surface area contributed by atoms with Crippen LogP contribution >= 0.6 is 0 Å². The molecule has 0 aliphatic heterocycles. The van der Waals surface area contributed by atoms with Crippen molar-refractivity contribution in [2.24, 2.45) is 0 Å². The van der Waals surface area contributed by atoms with Crippen molar-refractivity contribution in [1.29, 1.82) is 0 Å². The van der Waals surface area contributed by atoms with Gasteiger partial charge in [-0.1, -0.05) is 0 Å². The maximum atomic E-state index is 5.80. The van der Waals surface area contributed by atoms with Crippen molar-refractivity contribution >= 4 is 11.6 Å². The quantitative estimate of drug-likeness (QED) is 0.850. The van der Waals surface area contributed by atoms with E-state index in [0.717, 1.165) is 24.7 Å². The van der Waals surface area contributed by atoms with Crippen LogP contribution in [0.1, 0.15) is 30.1 Å². The molecule has 0 unspecified atom stereocenters. The summed E-state index contributed by atoms with van der Waals surface area (Å²) < 4.78 is 1.91. The zero-order valence-corrected chi connectivity index (χ0v) is 11.0. The van der Waals surface area contributed by atoms with E-state index in [4.69, 9.17) is 5.73 Å². The van der Waals surface area contributed by atoms with Crippen molar-refractivity contribution in [2.45, 2.75) is 32.2 Å². The van der Waals surface area contributed by atoms with Gasteiger partial charge in [-0.3, -0.25) is 4.68 Å². The van der Waals surface area contributed by atoms with Crippen molar-refractivity contribution in [3.05, 3.63) is 29.8 Å². The highest BCUT2D eigenvalue weighted by molar-refractivity contribution is 5.45. The highest BCUT2D eigenvalue weighted by atomic mass is 15.3. The second kappa shape index (κ2) is 4.87. The Morgan fingerprint density at radius 2 is 2.26 bits per heavy atom. The third kappa shape index (κ3) is 3.01. The van der Waals surface area contributed by atoms with Crippen LogP contribution in [-0.2, 0) is 6.54 Å². The third-order valence-electron chi connectivity index (χ3n) is 3.12. The molecular formula is C13H18N6. The van der Waals surface area contributed by atoms with E-state index in [1.165, 1.54) is 18.4 Å². The molecule has 0 atom stereocenters. The average Bonchev–Trinajstić information content (AvgIpc) is 3.13. The Labute approximate surface area is 112 Å². The minimum atomic E-state index is 0.512. The lowest BCUT2D eigenvalue weighted by Gasteiger charge is -2.08. The maximum Gasteiger partial charge on any atom is 0.136 e. The average molecular weight is 258 g/mol. The number of hydrogen-bond donors (Lipinski definition) is 2. The fourth-order valence-corrected chi connectivity index (χ4v) is 1.99. The SMILES string of the molecule is Cc1cnn(CCNc2cc(N)nc(C3CC3)n2)c1. The monoisotopic (exact) mass is 258 g/mol. The van der Waals surface area contributed by atoms with Gasteiger partial charge in [-0.2, -0.15) is 5.10 Å². The smallest absolute Gasteiger partial charge is 0.136 e. The Balaban J connectivity index is 1.60. The van der Waals surface area contributed by atoms with Crippen LogP contribution in [-0.4, -0.2) is 26.3 Å². The molecule has 0 saturated heterocycles. The summed E-state index contributed by atoms with van der Waals surface area (Å²) in [6.45, 7) is 3.60. The molecule has 0 spiro atoms. The first-order chi connectivity index (χ1) is 9.20. The molecule has 2 heterocycles. The van der Waals surface area contributed by atoms with Crippen molar-refractivity contribution in [1.82, 2.24) is 19.7 Å². The minimum absolute atomic E-state index is 0.512. The number of nitrogen functional groups attached to an aromatic ring is 1. The predicted molar refractivity (Wildman–Crippen MR) is 73.9 cm³/mol. The van der Waals surface area contributed by atoms with Crippen LogP contribution in [0.3, 0.4) is 0 Å². The molecule has 6 heteroatoms. The number of aryl methyl sites for hydroxylation is 1. The zero-order valence-electron chi connectivity index (χ0n) is 11.0. The lowest BCUT2D eigenvalue weighted by Crippen LogP contribution is -2.13. The van der Waals surface area contributed by atoms with E-state index in [9.17, 15) is 0 Å². The third-order valence-corrected chi connectivity index (χ3v) is 3.12. The molecule has 3 N–H and O–H groups in total. The van der Waals surface area contributed by atoms with Crippen molar-refractivity contribution in [3.8, 4) is 0 Å². The van der Waals surface area contributed by atoms with E-state index < -0.39 is 0 Å². The summed E-state index contributed by atoms with van der Waals surface area (Å²) in [6, 6.07) is 1.78. The first kappa shape index (κ1) is 12.0. The molecule has 1 fully saturated rings. The summed E-state index contributed by atoms with van der Waals surface area (Å²) >= 11 is 0. The molecule has 19 heavy (non-hydrogen) atoms. The van der Waals surface area contributed by atoms with Gasteiger partial charge in [0, 0.05) is 24.7 Å². The number of anilines is 2. The molecule has 0 amide bonds. The zero-order chi connectivity index (χ0) is 13.2. The Bertz CT molecular complexity index is 572. The van der Waals surface area contributed by atoms with Crippen LogP contribution in [0.4, 0.5) is 11.6 Å². The van der Waals surface area contributed by atoms with Gasteiger partial charge in [0.1, 0.15) is 17.5 Å². The number of aromatic nitrogens is 4. The van der Waals surface area contributed by atoms with Gasteiger partial charge in [-0.25, -0.2) is 9.97 Å². The van der Waals surface area contributed by atoms with E-state index in [2.05, 4.69) is 20.4 Å². The highest BCUT2D eigenvalue weighted by Gasteiger charge is 2.27. The first-order valence-corrected chi connectivity index (χ1v) is 6.58. The Hall–Kier alpha value is -2.11. The summed E-state index contributed by atoms with van der Waals surface area (Å²) in [5.41, 5.74) is 6.97. The molecule has 0 bridgehead atoms. The van der Waals surface area contributed by atoms with E-state index in [1.807, 2.05) is 24.0 Å². The van der Waals surface area contributed by atoms with Crippen LogP contribution in [0.15, 0.2) is 18.5 Å². The Morgan fingerprint density at radius 1 is 1.42 bits per heavy atom. The number of hydrogen-bond acceptors (Lipinski definition) is 5. The minimum Gasteiger partial charge on any atom is -0.384 e. The maximum absolute atomic E-state index is 5.80. The van der Waals surface area contributed by atoms with E-state index in [0.29, 0.717) is 11.7 Å². The van der Waals surface area contributed by atoms with Crippen LogP contribution in [0.2, 0.25) is 0 Å². The molecule has 1 saturated carbocycles. The molecule has 3 rings (SSSR count). The van der Waals surface area contributed by atoms with Gasteiger partial charge >= 0.3 is 0 Å². The van der Waals surface area contributed by atoms with Crippen molar-refractivity contribution in [3.63, 3.8) is 0 Å². The lowest BCUT2D eigenvalue weighted by atomic mass is 10.4. The van der Waals surface area contributed by atoms with Gasteiger partial charge in [0.05, 0.1) is 12.7 Å². The molecule has 0 radical (unpaired) electrons. The van der Waals surface area contributed by atoms with Gasteiger partial charge in [0.15, 0.2) is 0 Å². The molecule has 0 aromatic carbocycles. The second-order valence-electron chi connectivity index (χ2n) is 5.02. The Morgan fingerprint density at radius 3 is 2.95 bits per heavy atom.